The molecule has 104 valence electrons. The van der Waals surface area contributed by atoms with Crippen molar-refractivity contribution in [2.75, 3.05) is 0 Å². The van der Waals surface area contributed by atoms with Gasteiger partial charge in [0.15, 0.2) is 0 Å². The van der Waals surface area contributed by atoms with Gasteiger partial charge in [0.1, 0.15) is 11.9 Å². The van der Waals surface area contributed by atoms with Crippen molar-refractivity contribution < 1.29 is 4.39 Å². The topological polar surface area (TPSA) is 54.7 Å². The first kappa shape index (κ1) is 14.3. The molecule has 4 heteroatoms. The zero-order valence-electron chi connectivity index (χ0n) is 11.7. The van der Waals surface area contributed by atoms with Crippen LogP contribution in [0.1, 0.15) is 36.6 Å². The van der Waals surface area contributed by atoms with Gasteiger partial charge in [-0.25, -0.2) is 4.39 Å². The molecule has 2 N–H and O–H groups in total. The summed E-state index contributed by atoms with van der Waals surface area (Å²) < 4.78 is 15.3. The zero-order chi connectivity index (χ0) is 14.7. The molecule has 0 bridgehead atoms. The van der Waals surface area contributed by atoms with Crippen LogP contribution in [-0.4, -0.2) is 4.57 Å². The van der Waals surface area contributed by atoms with E-state index in [4.69, 9.17) is 11.0 Å². The van der Waals surface area contributed by atoms with Gasteiger partial charge in [0, 0.05) is 25.0 Å². The van der Waals surface area contributed by atoms with Crippen LogP contribution in [0.3, 0.4) is 0 Å². The third kappa shape index (κ3) is 3.06. The van der Waals surface area contributed by atoms with Crippen molar-refractivity contribution in [2.24, 2.45) is 11.7 Å². The highest BCUT2D eigenvalue weighted by Crippen LogP contribution is 2.19. The van der Waals surface area contributed by atoms with Gasteiger partial charge in [-0.2, -0.15) is 5.26 Å². The van der Waals surface area contributed by atoms with Crippen LogP contribution in [-0.2, 0) is 6.54 Å². The van der Waals surface area contributed by atoms with E-state index in [2.05, 4.69) is 13.8 Å². The minimum absolute atomic E-state index is 0.0131. The maximum Gasteiger partial charge on any atom is 0.140 e. The van der Waals surface area contributed by atoms with E-state index in [0.717, 1.165) is 11.1 Å². The van der Waals surface area contributed by atoms with E-state index >= 15 is 0 Å². The summed E-state index contributed by atoms with van der Waals surface area (Å²) in [5.74, 6) is -0.104. The summed E-state index contributed by atoms with van der Waals surface area (Å²) in [6.07, 6.45) is 3.95. The Bertz CT molecular complexity index is 637. The molecule has 1 heterocycles. The molecule has 0 saturated heterocycles. The maximum atomic E-state index is 13.3. The van der Waals surface area contributed by atoms with Gasteiger partial charge in [-0.1, -0.05) is 19.9 Å². The predicted molar refractivity (Wildman–Crippen MR) is 76.4 cm³/mol. The van der Waals surface area contributed by atoms with Crippen LogP contribution in [0.4, 0.5) is 4.39 Å². The largest absolute Gasteiger partial charge is 0.350 e. The molecule has 0 fully saturated rings. The van der Waals surface area contributed by atoms with Gasteiger partial charge in [-0.15, -0.1) is 0 Å². The molecule has 1 atom stereocenters. The van der Waals surface area contributed by atoms with E-state index in [1.165, 1.54) is 6.07 Å². The van der Waals surface area contributed by atoms with Crippen LogP contribution in [0.2, 0.25) is 0 Å². The molecule has 1 unspecified atom stereocenters. The number of benzene rings is 1. The lowest BCUT2D eigenvalue weighted by Gasteiger charge is -2.13. The summed E-state index contributed by atoms with van der Waals surface area (Å²) in [7, 11) is 0. The van der Waals surface area contributed by atoms with Crippen molar-refractivity contribution >= 4 is 0 Å². The Hall–Kier alpha value is -2.12. The third-order valence-electron chi connectivity index (χ3n) is 3.39. The standard InChI is InChI=1S/C16H18FN3/c1-11(2)16(19)13-5-6-20(10-13)9-12-3-4-15(17)14(7-12)8-18/h3-7,10-11,16H,9,19H2,1-2H3. The third-order valence-corrected chi connectivity index (χ3v) is 3.39. The molecule has 1 aromatic carbocycles. The summed E-state index contributed by atoms with van der Waals surface area (Å²) in [5.41, 5.74) is 8.16. The second kappa shape index (κ2) is 5.89. The minimum atomic E-state index is -0.480. The van der Waals surface area contributed by atoms with Crippen LogP contribution in [0.25, 0.3) is 0 Å². The number of aromatic nitrogens is 1. The highest BCUT2D eigenvalue weighted by atomic mass is 19.1. The average molecular weight is 271 g/mol. The number of nitrogens with zero attached hydrogens (tertiary/aromatic N) is 2. The first-order valence-electron chi connectivity index (χ1n) is 6.61. The fraction of sp³-hybridized carbons (Fsp3) is 0.312. The van der Waals surface area contributed by atoms with E-state index < -0.39 is 5.82 Å². The van der Waals surface area contributed by atoms with Gasteiger partial charge in [0.25, 0.3) is 0 Å². The summed E-state index contributed by atoms with van der Waals surface area (Å²) >= 11 is 0. The van der Waals surface area contributed by atoms with E-state index in [1.807, 2.05) is 29.1 Å². The summed E-state index contributed by atoms with van der Waals surface area (Å²) in [5, 5.41) is 8.83. The van der Waals surface area contributed by atoms with Crippen molar-refractivity contribution in [3.05, 3.63) is 59.2 Å². The van der Waals surface area contributed by atoms with E-state index in [9.17, 15) is 4.39 Å². The molecule has 0 aliphatic heterocycles. The molecular formula is C16H18FN3. The van der Waals surface area contributed by atoms with E-state index in [-0.39, 0.29) is 11.6 Å². The van der Waals surface area contributed by atoms with Gasteiger partial charge < -0.3 is 10.3 Å². The Labute approximate surface area is 118 Å². The second-order valence-electron chi connectivity index (χ2n) is 5.31. The predicted octanol–water partition coefficient (Wildman–Crippen LogP) is 3.20. The number of hydrogen-bond acceptors (Lipinski definition) is 2. The monoisotopic (exact) mass is 271 g/mol. The maximum absolute atomic E-state index is 13.3. The summed E-state index contributed by atoms with van der Waals surface area (Å²) in [4.78, 5) is 0. The van der Waals surface area contributed by atoms with Crippen molar-refractivity contribution in [1.82, 2.24) is 4.57 Å². The van der Waals surface area contributed by atoms with E-state index in [0.29, 0.717) is 12.5 Å². The number of halogens is 1. The average Bonchev–Trinajstić information content (AvgIpc) is 2.88. The number of hydrogen-bond donors (Lipinski definition) is 1. The molecule has 1 aromatic heterocycles. The van der Waals surface area contributed by atoms with Gasteiger partial charge >= 0.3 is 0 Å². The Kier molecular flexibility index (Phi) is 4.21. The number of nitrogens with two attached hydrogens (primary N) is 1. The van der Waals surface area contributed by atoms with Gasteiger partial charge in [-0.3, -0.25) is 0 Å². The number of nitriles is 1. The van der Waals surface area contributed by atoms with Crippen LogP contribution < -0.4 is 5.73 Å². The summed E-state index contributed by atoms with van der Waals surface area (Å²) in [6.45, 7) is 4.77. The summed E-state index contributed by atoms with van der Waals surface area (Å²) in [6, 6.07) is 8.47. The Morgan fingerprint density at radius 2 is 2.10 bits per heavy atom. The minimum Gasteiger partial charge on any atom is -0.350 e. The molecule has 2 rings (SSSR count). The lowest BCUT2D eigenvalue weighted by atomic mass is 10.00. The highest BCUT2D eigenvalue weighted by molar-refractivity contribution is 5.34. The van der Waals surface area contributed by atoms with Crippen molar-refractivity contribution in [3.63, 3.8) is 0 Å². The molecule has 3 nitrogen and oxygen atoms in total. The Morgan fingerprint density at radius 3 is 2.75 bits per heavy atom. The molecule has 0 radical (unpaired) electrons. The number of rotatable bonds is 4. The van der Waals surface area contributed by atoms with Crippen LogP contribution in [0.5, 0.6) is 0 Å². The van der Waals surface area contributed by atoms with Crippen LogP contribution in [0.15, 0.2) is 36.7 Å². The molecule has 20 heavy (non-hydrogen) atoms. The second-order valence-corrected chi connectivity index (χ2v) is 5.31. The van der Waals surface area contributed by atoms with Gasteiger partial charge in [0.2, 0.25) is 0 Å². The lowest BCUT2D eigenvalue weighted by Crippen LogP contribution is -2.15. The quantitative estimate of drug-likeness (QED) is 0.928. The normalized spacial score (nSPS) is 12.4. The first-order valence-corrected chi connectivity index (χ1v) is 6.61. The Balaban J connectivity index is 2.17. The van der Waals surface area contributed by atoms with Crippen LogP contribution >= 0.6 is 0 Å². The fourth-order valence-electron chi connectivity index (χ4n) is 2.11. The van der Waals surface area contributed by atoms with Crippen molar-refractivity contribution in [3.8, 4) is 6.07 Å². The molecule has 0 aliphatic carbocycles. The lowest BCUT2D eigenvalue weighted by molar-refractivity contribution is 0.513. The molecule has 0 saturated carbocycles. The zero-order valence-corrected chi connectivity index (χ0v) is 11.7. The first-order chi connectivity index (χ1) is 9.51. The highest BCUT2D eigenvalue weighted by Gasteiger charge is 2.11. The molecule has 0 aliphatic rings. The molecule has 0 amide bonds. The Morgan fingerprint density at radius 1 is 1.35 bits per heavy atom. The van der Waals surface area contributed by atoms with Crippen LogP contribution in [0, 0.1) is 23.1 Å². The SMILES string of the molecule is CC(C)C(N)c1ccn(Cc2ccc(F)c(C#N)c2)c1. The van der Waals surface area contributed by atoms with Gasteiger partial charge in [-0.05, 0) is 35.2 Å². The molecule has 0 spiro atoms. The van der Waals surface area contributed by atoms with Crippen molar-refractivity contribution in [1.29, 1.82) is 5.26 Å². The molecule has 2 aromatic rings. The van der Waals surface area contributed by atoms with Crippen molar-refractivity contribution in [2.45, 2.75) is 26.4 Å². The smallest absolute Gasteiger partial charge is 0.140 e. The fourth-order valence-corrected chi connectivity index (χ4v) is 2.11. The molecular weight excluding hydrogens is 253 g/mol. The van der Waals surface area contributed by atoms with Gasteiger partial charge in [0.05, 0.1) is 5.56 Å². The van der Waals surface area contributed by atoms with E-state index in [1.54, 1.807) is 12.1 Å².